The molecule has 2 atom stereocenters. The number of thioether (sulfide) groups is 1. The molecule has 0 radical (unpaired) electrons. The molecule has 5 N–H and O–H groups in total. The highest BCUT2D eigenvalue weighted by Gasteiger charge is 2.31. The fraction of sp³-hybridized carbons (Fsp3) is 0.667. The van der Waals surface area contributed by atoms with Gasteiger partial charge in [0, 0.05) is 5.75 Å². The molecule has 0 saturated carbocycles. The van der Waals surface area contributed by atoms with Crippen molar-refractivity contribution in [3.8, 4) is 0 Å². The molecule has 2 unspecified atom stereocenters. The Kier molecular flexibility index (Phi) is 4.18. The predicted octanol–water partition coefficient (Wildman–Crippen LogP) is -1.08. The molecule has 0 amide bonds. The van der Waals surface area contributed by atoms with Crippen molar-refractivity contribution in [3.05, 3.63) is 0 Å². The number of hydrogen-bond donors (Lipinski definition) is 4. The van der Waals surface area contributed by atoms with Crippen molar-refractivity contribution < 1.29 is 24.9 Å². The van der Waals surface area contributed by atoms with Gasteiger partial charge in [0.05, 0.1) is 0 Å². The summed E-state index contributed by atoms with van der Waals surface area (Å²) in [6, 6.07) is -1.17. The van der Waals surface area contributed by atoms with E-state index in [0.717, 1.165) is 6.92 Å². The van der Waals surface area contributed by atoms with Crippen LogP contribution in [0, 0.1) is 0 Å². The van der Waals surface area contributed by atoms with Crippen LogP contribution in [0.25, 0.3) is 0 Å². The second-order valence-corrected chi connectivity index (χ2v) is 3.96. The van der Waals surface area contributed by atoms with Gasteiger partial charge in [-0.05, 0) is 6.92 Å². The summed E-state index contributed by atoms with van der Waals surface area (Å²) in [6.07, 6.45) is 0. The Hall–Kier alpha value is -0.790. The molecule has 0 aromatic carbocycles. The van der Waals surface area contributed by atoms with Gasteiger partial charge in [0.25, 0.3) is 0 Å². The Morgan fingerprint density at radius 3 is 2.31 bits per heavy atom. The Bertz CT molecular complexity index is 217. The fourth-order valence-electron chi connectivity index (χ4n) is 0.385. The molecule has 6 nitrogen and oxygen atoms in total. The van der Waals surface area contributed by atoms with Crippen LogP contribution in [0.15, 0.2) is 0 Å². The molecule has 0 saturated heterocycles. The first-order chi connectivity index (χ1) is 5.77. The summed E-state index contributed by atoms with van der Waals surface area (Å²) in [6.45, 7) is 1.06. The van der Waals surface area contributed by atoms with Crippen LogP contribution in [0.4, 0.5) is 0 Å². The molecule has 0 aliphatic rings. The summed E-state index contributed by atoms with van der Waals surface area (Å²) in [5, 5.41) is 25.9. The van der Waals surface area contributed by atoms with E-state index in [-0.39, 0.29) is 5.75 Å². The molecule has 0 fully saturated rings. The first-order valence-corrected chi connectivity index (χ1v) is 4.34. The van der Waals surface area contributed by atoms with E-state index in [1.165, 1.54) is 0 Å². The van der Waals surface area contributed by atoms with Crippen LogP contribution in [0.5, 0.6) is 0 Å². The topological polar surface area (TPSA) is 121 Å². The van der Waals surface area contributed by atoms with Gasteiger partial charge in [-0.25, -0.2) is 4.79 Å². The Labute approximate surface area is 78.7 Å². The minimum Gasteiger partial charge on any atom is -0.480 e. The molecule has 0 aliphatic carbocycles. The van der Waals surface area contributed by atoms with Gasteiger partial charge in [-0.15, -0.1) is 11.8 Å². The van der Waals surface area contributed by atoms with Crippen molar-refractivity contribution in [1.82, 2.24) is 0 Å². The predicted molar refractivity (Wildman–Crippen MR) is 46.3 cm³/mol. The number of aliphatic hydroxyl groups is 1. The van der Waals surface area contributed by atoms with Crippen molar-refractivity contribution in [3.63, 3.8) is 0 Å². The first kappa shape index (κ1) is 12.2. The van der Waals surface area contributed by atoms with Crippen LogP contribution in [-0.2, 0) is 9.59 Å². The molecule has 0 rings (SSSR count). The number of carboxylic acids is 2. The van der Waals surface area contributed by atoms with Gasteiger partial charge in [-0.3, -0.25) is 4.79 Å². The number of nitrogens with two attached hydrogens (primary N) is 1. The van der Waals surface area contributed by atoms with E-state index in [1.807, 2.05) is 0 Å². The van der Waals surface area contributed by atoms with E-state index < -0.39 is 22.9 Å². The van der Waals surface area contributed by atoms with Gasteiger partial charge in [-0.1, -0.05) is 0 Å². The van der Waals surface area contributed by atoms with E-state index in [0.29, 0.717) is 11.8 Å². The molecule has 0 aromatic rings. The molecule has 13 heavy (non-hydrogen) atoms. The molecular formula is C6H11NO5S. The molecule has 76 valence electrons. The summed E-state index contributed by atoms with van der Waals surface area (Å²) in [7, 11) is 0. The quantitative estimate of drug-likeness (QED) is 0.425. The first-order valence-electron chi connectivity index (χ1n) is 3.35. The molecule has 0 aliphatic heterocycles. The van der Waals surface area contributed by atoms with Gasteiger partial charge in [-0.2, -0.15) is 0 Å². The molecule has 0 aromatic heterocycles. The van der Waals surface area contributed by atoms with Crippen LogP contribution in [0.2, 0.25) is 0 Å². The number of hydrogen-bond acceptors (Lipinski definition) is 5. The normalized spacial score (nSPS) is 17.5. The highest BCUT2D eigenvalue weighted by molar-refractivity contribution is 8.01. The third kappa shape index (κ3) is 4.11. The maximum Gasteiger partial charge on any atom is 0.346 e. The average molecular weight is 209 g/mol. The van der Waals surface area contributed by atoms with Crippen LogP contribution in [0.1, 0.15) is 6.92 Å². The lowest BCUT2D eigenvalue weighted by Crippen LogP contribution is -2.37. The van der Waals surface area contributed by atoms with Crippen LogP contribution < -0.4 is 5.73 Å². The maximum absolute atomic E-state index is 10.3. The van der Waals surface area contributed by atoms with Gasteiger partial charge in [0.15, 0.2) is 0 Å². The summed E-state index contributed by atoms with van der Waals surface area (Å²) in [4.78, 5) is 18.6. The zero-order valence-electron chi connectivity index (χ0n) is 6.93. The van der Waals surface area contributed by atoms with Crippen molar-refractivity contribution in [2.45, 2.75) is 17.9 Å². The monoisotopic (exact) mass is 209 g/mol. The maximum atomic E-state index is 10.3. The van der Waals surface area contributed by atoms with Crippen LogP contribution in [0.3, 0.4) is 0 Å². The summed E-state index contributed by atoms with van der Waals surface area (Å²) in [5.74, 6) is -2.81. The lowest BCUT2D eigenvalue weighted by atomic mass is 10.4. The zero-order valence-corrected chi connectivity index (χ0v) is 7.74. The third-order valence-corrected chi connectivity index (χ3v) is 2.52. The molecular weight excluding hydrogens is 198 g/mol. The lowest BCUT2D eigenvalue weighted by Gasteiger charge is -2.17. The largest absolute Gasteiger partial charge is 0.480 e. The van der Waals surface area contributed by atoms with E-state index in [1.54, 1.807) is 0 Å². The molecule has 0 heterocycles. The van der Waals surface area contributed by atoms with E-state index in [9.17, 15) is 9.59 Å². The van der Waals surface area contributed by atoms with Gasteiger partial charge < -0.3 is 21.1 Å². The van der Waals surface area contributed by atoms with E-state index >= 15 is 0 Å². The molecule has 0 spiro atoms. The van der Waals surface area contributed by atoms with Crippen molar-refractivity contribution in [1.29, 1.82) is 0 Å². The number of carboxylic acid groups (broad SMARTS) is 2. The van der Waals surface area contributed by atoms with E-state index in [2.05, 4.69) is 0 Å². The third-order valence-electron chi connectivity index (χ3n) is 1.26. The minimum absolute atomic E-state index is 0.158. The van der Waals surface area contributed by atoms with Crippen molar-refractivity contribution in [2.24, 2.45) is 5.73 Å². The number of rotatable bonds is 5. The Morgan fingerprint density at radius 1 is 1.54 bits per heavy atom. The summed E-state index contributed by atoms with van der Waals surface area (Å²) < 4.78 is 0. The van der Waals surface area contributed by atoms with Gasteiger partial charge >= 0.3 is 11.9 Å². The molecule has 0 bridgehead atoms. The zero-order chi connectivity index (χ0) is 10.6. The highest BCUT2D eigenvalue weighted by atomic mass is 32.2. The number of carbonyl (C=O) groups is 2. The van der Waals surface area contributed by atoms with Gasteiger partial charge in [0.1, 0.15) is 6.04 Å². The molecule has 7 heteroatoms. The van der Waals surface area contributed by atoms with E-state index in [4.69, 9.17) is 21.1 Å². The lowest BCUT2D eigenvalue weighted by molar-refractivity contribution is -0.148. The Morgan fingerprint density at radius 2 is 2.00 bits per heavy atom. The average Bonchev–Trinajstić information content (AvgIpc) is 1.99. The minimum atomic E-state index is -1.99. The number of aliphatic carboxylic acids is 2. The standard InChI is InChI=1S/C6H11NO5S/c1-6(12,5(10)11)13-2-3(7)4(8)9/h3,12H,2,7H2,1H3,(H,8,9)(H,10,11). The van der Waals surface area contributed by atoms with Crippen molar-refractivity contribution >= 4 is 23.7 Å². The smallest absolute Gasteiger partial charge is 0.346 e. The second kappa shape index (κ2) is 4.45. The second-order valence-electron chi connectivity index (χ2n) is 2.54. The SMILES string of the molecule is CC(O)(SCC(N)C(=O)O)C(=O)O. The van der Waals surface area contributed by atoms with Gasteiger partial charge in [0.2, 0.25) is 4.93 Å². The van der Waals surface area contributed by atoms with Crippen LogP contribution in [-0.4, -0.2) is 44.0 Å². The summed E-state index contributed by atoms with van der Waals surface area (Å²) in [5.41, 5.74) is 5.10. The summed E-state index contributed by atoms with van der Waals surface area (Å²) >= 11 is 0.573. The highest BCUT2D eigenvalue weighted by Crippen LogP contribution is 2.22. The van der Waals surface area contributed by atoms with Crippen LogP contribution >= 0.6 is 11.8 Å². The fourth-order valence-corrected chi connectivity index (χ4v) is 1.16. The Balaban J connectivity index is 4.02. The van der Waals surface area contributed by atoms with Crippen molar-refractivity contribution in [2.75, 3.05) is 5.75 Å².